The van der Waals surface area contributed by atoms with Gasteiger partial charge in [-0.2, -0.15) is 0 Å². The molecule has 1 saturated heterocycles. The number of likely N-dealkylation sites (tertiary alicyclic amines) is 1. The minimum atomic E-state index is -0.175. The van der Waals surface area contributed by atoms with Crippen molar-refractivity contribution < 1.29 is 14.3 Å². The molecule has 0 radical (unpaired) electrons. The van der Waals surface area contributed by atoms with Gasteiger partial charge in [-0.25, -0.2) is 4.98 Å². The van der Waals surface area contributed by atoms with Crippen LogP contribution in [-0.2, 0) is 20.9 Å². The Labute approximate surface area is 190 Å². The summed E-state index contributed by atoms with van der Waals surface area (Å²) in [6.07, 6.45) is 2.99. The van der Waals surface area contributed by atoms with Crippen molar-refractivity contribution in [3.8, 4) is 11.1 Å². The van der Waals surface area contributed by atoms with E-state index >= 15 is 0 Å². The molecule has 1 aliphatic heterocycles. The number of benzene rings is 1. The van der Waals surface area contributed by atoms with E-state index < -0.39 is 0 Å². The number of piperidine rings is 1. The number of aromatic nitrogens is 2. The van der Waals surface area contributed by atoms with Gasteiger partial charge in [0.25, 0.3) is 5.56 Å². The first kappa shape index (κ1) is 22.2. The lowest BCUT2D eigenvalue weighted by Crippen LogP contribution is -2.41. The number of nitrogens with zero attached hydrogens (tertiary/aromatic N) is 3. The SMILES string of the molecule is CCOC(=O)C1CCN(C(=O)CCn2cnc3scc(-c4ccc(C)cc4)c3c2=O)CC1. The van der Waals surface area contributed by atoms with Crippen molar-refractivity contribution in [2.24, 2.45) is 5.92 Å². The van der Waals surface area contributed by atoms with Gasteiger partial charge in [0.05, 0.1) is 24.2 Å². The van der Waals surface area contributed by atoms with Crippen LogP contribution in [0.15, 0.2) is 40.8 Å². The maximum atomic E-state index is 13.2. The highest BCUT2D eigenvalue weighted by Gasteiger charge is 2.28. The Morgan fingerprint density at radius 3 is 2.59 bits per heavy atom. The molecule has 3 heterocycles. The van der Waals surface area contributed by atoms with Gasteiger partial charge in [-0.3, -0.25) is 19.0 Å². The highest BCUT2D eigenvalue weighted by atomic mass is 32.1. The number of carbonyl (C=O) groups excluding carboxylic acids is 2. The Balaban J connectivity index is 1.44. The lowest BCUT2D eigenvalue weighted by atomic mass is 9.97. The van der Waals surface area contributed by atoms with Crippen molar-refractivity contribution in [2.45, 2.75) is 39.7 Å². The number of fused-ring (bicyclic) bond motifs is 1. The fourth-order valence-corrected chi connectivity index (χ4v) is 4.98. The zero-order chi connectivity index (χ0) is 22.7. The van der Waals surface area contributed by atoms with Crippen molar-refractivity contribution in [3.63, 3.8) is 0 Å². The van der Waals surface area contributed by atoms with Gasteiger partial charge in [0.15, 0.2) is 0 Å². The number of hydrogen-bond acceptors (Lipinski definition) is 6. The van der Waals surface area contributed by atoms with E-state index in [0.717, 1.165) is 16.7 Å². The highest BCUT2D eigenvalue weighted by molar-refractivity contribution is 7.17. The summed E-state index contributed by atoms with van der Waals surface area (Å²) in [6, 6.07) is 8.07. The van der Waals surface area contributed by atoms with E-state index in [1.807, 2.05) is 36.6 Å². The Morgan fingerprint density at radius 2 is 1.91 bits per heavy atom. The van der Waals surface area contributed by atoms with Crippen LogP contribution in [0.3, 0.4) is 0 Å². The molecule has 1 amide bonds. The average Bonchev–Trinajstić information content (AvgIpc) is 3.24. The lowest BCUT2D eigenvalue weighted by molar-refractivity contribution is -0.151. The monoisotopic (exact) mass is 453 g/mol. The molecule has 0 aliphatic carbocycles. The maximum Gasteiger partial charge on any atom is 0.309 e. The molecule has 3 aromatic rings. The second kappa shape index (κ2) is 9.65. The second-order valence-electron chi connectivity index (χ2n) is 8.10. The van der Waals surface area contributed by atoms with Gasteiger partial charge >= 0.3 is 5.97 Å². The predicted octanol–water partition coefficient (Wildman–Crippen LogP) is 3.63. The third-order valence-electron chi connectivity index (χ3n) is 5.96. The number of ether oxygens (including phenoxy) is 1. The minimum absolute atomic E-state index is 0.0108. The molecule has 7 nitrogen and oxygen atoms in total. The second-order valence-corrected chi connectivity index (χ2v) is 8.95. The molecule has 0 unspecified atom stereocenters. The summed E-state index contributed by atoms with van der Waals surface area (Å²) < 4.78 is 6.61. The van der Waals surface area contributed by atoms with Crippen molar-refractivity contribution in [1.82, 2.24) is 14.5 Å². The van der Waals surface area contributed by atoms with Crippen molar-refractivity contribution in [3.05, 3.63) is 51.9 Å². The predicted molar refractivity (Wildman–Crippen MR) is 125 cm³/mol. The molecular formula is C24H27N3O4S. The molecule has 2 aromatic heterocycles. The number of thiophene rings is 1. The van der Waals surface area contributed by atoms with Crippen LogP contribution in [-0.4, -0.2) is 46.0 Å². The first-order chi connectivity index (χ1) is 15.5. The van der Waals surface area contributed by atoms with Crippen molar-refractivity contribution in [1.29, 1.82) is 0 Å². The number of esters is 1. The maximum absolute atomic E-state index is 13.2. The van der Waals surface area contributed by atoms with E-state index in [1.165, 1.54) is 22.2 Å². The minimum Gasteiger partial charge on any atom is -0.466 e. The Hall–Kier alpha value is -3.00. The standard InChI is InChI=1S/C24H27N3O4S/c1-3-31-24(30)18-8-11-26(12-9-18)20(28)10-13-27-15-25-22-21(23(27)29)19(14-32-22)17-6-4-16(2)5-7-17/h4-7,14-15,18H,3,8-13H2,1-2H3. The first-order valence-electron chi connectivity index (χ1n) is 11.0. The molecule has 8 heteroatoms. The Bertz CT molecular complexity index is 1170. The van der Waals surface area contributed by atoms with Gasteiger partial charge in [-0.15, -0.1) is 11.3 Å². The van der Waals surface area contributed by atoms with E-state index in [4.69, 9.17) is 4.74 Å². The Kier molecular flexibility index (Phi) is 6.69. The Morgan fingerprint density at radius 1 is 1.19 bits per heavy atom. The summed E-state index contributed by atoms with van der Waals surface area (Å²) in [5.41, 5.74) is 2.90. The quantitative estimate of drug-likeness (QED) is 0.533. The van der Waals surface area contributed by atoms with E-state index in [1.54, 1.807) is 11.8 Å². The summed E-state index contributed by atoms with van der Waals surface area (Å²) in [6.45, 7) is 5.56. The average molecular weight is 454 g/mol. The molecule has 0 saturated carbocycles. The fraction of sp³-hybridized carbons (Fsp3) is 0.417. The van der Waals surface area contributed by atoms with Crippen LogP contribution in [0.5, 0.6) is 0 Å². The van der Waals surface area contributed by atoms with E-state index in [-0.39, 0.29) is 36.3 Å². The van der Waals surface area contributed by atoms with Gasteiger partial charge in [0.2, 0.25) is 5.91 Å². The number of carbonyl (C=O) groups is 2. The fourth-order valence-electron chi connectivity index (χ4n) is 4.07. The summed E-state index contributed by atoms with van der Waals surface area (Å²) >= 11 is 1.45. The summed E-state index contributed by atoms with van der Waals surface area (Å²) in [4.78, 5) is 44.7. The van der Waals surface area contributed by atoms with E-state index in [2.05, 4.69) is 4.98 Å². The molecule has 168 valence electrons. The van der Waals surface area contributed by atoms with Gasteiger partial charge in [-0.1, -0.05) is 29.8 Å². The van der Waals surface area contributed by atoms with Gasteiger partial charge < -0.3 is 9.64 Å². The molecule has 32 heavy (non-hydrogen) atoms. The molecular weight excluding hydrogens is 426 g/mol. The smallest absolute Gasteiger partial charge is 0.309 e. The summed E-state index contributed by atoms with van der Waals surface area (Å²) in [5, 5.41) is 2.57. The zero-order valence-corrected chi connectivity index (χ0v) is 19.2. The third kappa shape index (κ3) is 4.60. The molecule has 1 fully saturated rings. The highest BCUT2D eigenvalue weighted by Crippen LogP contribution is 2.30. The molecule has 0 atom stereocenters. The van der Waals surface area contributed by atoms with Crippen LogP contribution in [0.1, 0.15) is 31.7 Å². The van der Waals surface area contributed by atoms with Gasteiger partial charge in [0, 0.05) is 37.0 Å². The lowest BCUT2D eigenvalue weighted by Gasteiger charge is -2.31. The van der Waals surface area contributed by atoms with E-state index in [9.17, 15) is 14.4 Å². The molecule has 1 aliphatic rings. The number of hydrogen-bond donors (Lipinski definition) is 0. The molecule has 0 N–H and O–H groups in total. The van der Waals surface area contributed by atoms with Crippen molar-refractivity contribution >= 4 is 33.4 Å². The first-order valence-corrected chi connectivity index (χ1v) is 11.8. The van der Waals surface area contributed by atoms with Crippen molar-refractivity contribution in [2.75, 3.05) is 19.7 Å². The molecule has 0 bridgehead atoms. The van der Waals surface area contributed by atoms with Crippen LogP contribution < -0.4 is 5.56 Å². The van der Waals surface area contributed by atoms with Crippen LogP contribution in [0.25, 0.3) is 21.3 Å². The van der Waals surface area contributed by atoms with Crippen LogP contribution >= 0.6 is 11.3 Å². The van der Waals surface area contributed by atoms with Crippen LogP contribution in [0.2, 0.25) is 0 Å². The molecule has 4 rings (SSSR count). The van der Waals surface area contributed by atoms with Gasteiger partial charge in [-0.05, 0) is 32.3 Å². The zero-order valence-electron chi connectivity index (χ0n) is 18.4. The van der Waals surface area contributed by atoms with Crippen LogP contribution in [0.4, 0.5) is 0 Å². The molecule has 1 aromatic carbocycles. The molecule has 0 spiro atoms. The number of rotatable bonds is 6. The largest absolute Gasteiger partial charge is 0.466 e. The van der Waals surface area contributed by atoms with Crippen LogP contribution in [0, 0.1) is 12.8 Å². The normalized spacial score (nSPS) is 14.6. The summed E-state index contributed by atoms with van der Waals surface area (Å²) in [5.74, 6) is -0.318. The number of aryl methyl sites for hydroxylation is 2. The third-order valence-corrected chi connectivity index (χ3v) is 6.84. The number of amides is 1. The van der Waals surface area contributed by atoms with Gasteiger partial charge in [0.1, 0.15) is 4.83 Å². The topological polar surface area (TPSA) is 81.5 Å². The van der Waals surface area contributed by atoms with E-state index in [0.29, 0.717) is 42.8 Å². The summed E-state index contributed by atoms with van der Waals surface area (Å²) in [7, 11) is 0.